The van der Waals surface area contributed by atoms with Gasteiger partial charge in [0.05, 0.1) is 30.5 Å². The van der Waals surface area contributed by atoms with Gasteiger partial charge >= 0.3 is 0 Å². The molecule has 24 rings (SSSR count). The Hall–Kier alpha value is -12.1. The Bertz CT molecular complexity index is 7070. The van der Waals surface area contributed by atoms with Crippen LogP contribution in [0.5, 0.6) is 0 Å². The van der Waals surface area contributed by atoms with Crippen molar-refractivity contribution in [3.05, 3.63) is 319 Å². The first kappa shape index (κ1) is 90.4. The van der Waals surface area contributed by atoms with Crippen LogP contribution in [0.4, 0.5) is 5.69 Å². The van der Waals surface area contributed by atoms with Crippen LogP contribution < -0.4 is 4.90 Å². The van der Waals surface area contributed by atoms with Crippen LogP contribution in [0.1, 0.15) is 147 Å². The fourth-order valence-electron chi connectivity index (χ4n) is 21.6. The molecule has 5 saturated heterocycles. The van der Waals surface area contributed by atoms with Crippen molar-refractivity contribution in [3.8, 4) is 27.9 Å². The van der Waals surface area contributed by atoms with Crippen LogP contribution in [0.2, 0.25) is 15.1 Å². The zero-order valence-corrected chi connectivity index (χ0v) is 83.1. The third kappa shape index (κ3) is 15.7. The Labute approximate surface area is 832 Å². The number of halogens is 4. The molecule has 9 aliphatic heterocycles. The average molecular weight is 2000 g/mol. The zero-order valence-electron chi connectivity index (χ0n) is 76.0. The molecule has 15 aromatic rings. The lowest BCUT2D eigenvalue weighted by atomic mass is 9.88. The van der Waals surface area contributed by atoms with Gasteiger partial charge < -0.3 is 53.9 Å². The Morgan fingerprint density at radius 1 is 0.360 bits per heavy atom. The number of benzene rings is 8. The number of carbonyl (C=O) groups excluding carboxylic acids is 4. The average Bonchev–Trinajstić information content (AvgIpc) is 1.58. The molecule has 5 fully saturated rings. The van der Waals surface area contributed by atoms with Gasteiger partial charge in [-0.15, -0.1) is 0 Å². The molecule has 0 spiro atoms. The number of carbonyl (C=O) groups is 4. The van der Waals surface area contributed by atoms with Crippen LogP contribution in [-0.2, 0) is 44.9 Å². The second-order valence-corrected chi connectivity index (χ2v) is 41.0. The predicted molar refractivity (Wildman–Crippen MR) is 556 cm³/mol. The summed E-state index contributed by atoms with van der Waals surface area (Å²) >= 11 is 46.3. The molecule has 9 aliphatic rings. The van der Waals surface area contributed by atoms with Crippen molar-refractivity contribution in [1.82, 2.24) is 88.5 Å². The highest BCUT2D eigenvalue weighted by atomic mass is 79.9. The number of hydrogen-bond acceptors (Lipinski definition) is 14. The molecular weight excluding hydrogens is 1910 g/mol. The summed E-state index contributed by atoms with van der Waals surface area (Å²) in [7, 11) is 2.17. The third-order valence-corrected chi connectivity index (χ3v) is 30.9. The number of nitrogens with one attached hydrogen (secondary N) is 4. The summed E-state index contributed by atoms with van der Waals surface area (Å²) in [4.78, 5) is 105. The Balaban J connectivity index is 0.000000108. The SMILES string of the molecule is CC(C)N1C(=O)C2Cc3c([nH]c4ccc(Br)cc34)C(c3ccc(-c4cncnc4)cc3)N2C1=S.CC(C)N1C(=O)C2Cc3c([nH]c4ccc(Cl)cc34)C(c3ccc(-c4ccncc4)cc3)N2C1=S.CC(C)N1C(=O)C2Cc3c([nH]c4ccc(Cl)cc34)C(c3ccc(-n4ccnc4)cc3)N2C1=S.CC(C)N1C(=O)C2Cc3c([nH]c4ccc(Cl)cc34)C(c3ccc(N4CCN(C)CC4)cc3)N2C1=S. The van der Waals surface area contributed by atoms with E-state index in [0.717, 1.165) is 158 Å². The molecule has 0 radical (unpaired) electrons. The van der Waals surface area contributed by atoms with Gasteiger partial charge in [0.25, 0.3) is 23.6 Å². The monoisotopic (exact) mass is 2000 g/mol. The van der Waals surface area contributed by atoms with E-state index in [2.05, 4.69) is 201 Å². The smallest absolute Gasteiger partial charge is 0.252 e. The van der Waals surface area contributed by atoms with E-state index in [1.54, 1.807) is 56.9 Å². The highest BCUT2D eigenvalue weighted by molar-refractivity contribution is 9.10. The summed E-state index contributed by atoms with van der Waals surface area (Å²) in [5.41, 5.74) is 24.0. The highest BCUT2D eigenvalue weighted by Gasteiger charge is 2.56. The van der Waals surface area contributed by atoms with E-state index in [9.17, 15) is 19.2 Å². The van der Waals surface area contributed by atoms with Crippen molar-refractivity contribution in [2.75, 3.05) is 38.1 Å². The predicted octanol–water partition coefficient (Wildman–Crippen LogP) is 20.3. The van der Waals surface area contributed by atoms with Crippen molar-refractivity contribution in [2.24, 2.45) is 0 Å². The topological polar surface area (TPSA) is 220 Å². The molecule has 31 heteroatoms. The molecule has 0 aliphatic carbocycles. The molecule has 8 aromatic carbocycles. The van der Waals surface area contributed by atoms with Gasteiger partial charge in [0.2, 0.25) is 0 Å². The first-order valence-corrected chi connectivity index (χ1v) is 49.5. The minimum Gasteiger partial charge on any atom is -0.369 e. The van der Waals surface area contributed by atoms with Gasteiger partial charge in [-0.25, -0.2) is 15.0 Å². The number of anilines is 1. The van der Waals surface area contributed by atoms with E-state index in [-0.39, 0.29) is 96.1 Å². The first-order valence-electron chi connectivity index (χ1n) is 45.9. The van der Waals surface area contributed by atoms with Crippen molar-refractivity contribution in [2.45, 2.75) is 154 Å². The second kappa shape index (κ2) is 36.1. The number of nitrogens with zero attached hydrogens (tertiary/aromatic N) is 15. The number of thiocarbonyl (C=S) groups is 4. The standard InChI is InChI=1S/C27H30ClN5OS.C27H23ClN4OS.C26H22BrN5OS.C25H22ClN5OS/c1-16(2)32-26(34)23-15-21-20-14-18(28)6-9-22(20)29-24(21)25(33(23)27(32)35)17-4-7-19(8-5-17)31-12-10-30(3)11-13-31;1-15(2)31-26(33)23-14-21-20-13-19(28)7-8-22(20)30-24(21)25(32(23)27(31)34)18-5-3-16(4-6-18)17-9-11-29-12-10-17;1-14(2)31-25(33)22-10-20-19-9-18(27)7-8-21(19)30-23(20)24(32(22)26(31)34)16-5-3-15(4-6-16)17-11-28-13-29-12-17;1-14(2)30-24(32)21-12-19-18-11-16(26)5-8-20(18)28-22(19)23(31(21)25(30)33)15-3-6-17(7-4-15)29-10-9-27-13-29/h4-9,14,16,23,25,29H,10-13,15H2,1-3H3;3-13,15,23,25,30H,14H2,1-2H3;3-9,11-14,22,24,30H,10H2,1-2H3;3-11,13-14,21,23,28H,12H2,1-2H3. The number of pyridine rings is 1. The number of fused-ring (bicyclic) bond motifs is 16. The van der Waals surface area contributed by atoms with Crippen LogP contribution >= 0.6 is 99.6 Å². The fraction of sp³-hybridized carbons (Fsp3) is 0.276. The van der Waals surface area contributed by atoms with Gasteiger partial charge in [0.1, 0.15) is 30.5 Å². The minimum absolute atomic E-state index is 0.00407. The molecule has 688 valence electrons. The van der Waals surface area contributed by atoms with Crippen molar-refractivity contribution in [1.29, 1.82) is 0 Å². The number of piperazine rings is 1. The van der Waals surface area contributed by atoms with Gasteiger partial charge in [-0.2, -0.15) is 0 Å². The quantitative estimate of drug-likeness (QED) is 0.0835. The second-order valence-electron chi connectivity index (χ2n) is 37.3. The summed E-state index contributed by atoms with van der Waals surface area (Å²) in [6, 6.07) is 60.1. The maximum atomic E-state index is 13.5. The molecule has 8 atom stereocenters. The summed E-state index contributed by atoms with van der Waals surface area (Å²) in [6.45, 7) is 20.3. The van der Waals surface area contributed by atoms with Gasteiger partial charge in [0.15, 0.2) is 20.4 Å². The molecule has 0 bridgehead atoms. The number of H-pyrrole nitrogens is 4. The molecule has 4 N–H and O–H groups in total. The molecule has 4 amide bonds. The largest absolute Gasteiger partial charge is 0.369 e. The number of likely N-dealkylation sites (N-methyl/N-ethyl adjacent to an activating group) is 1. The van der Waals surface area contributed by atoms with E-state index in [1.807, 2.05) is 139 Å². The zero-order chi connectivity index (χ0) is 94.4. The molecular formula is C105H97BrCl3N19O4S4. The lowest BCUT2D eigenvalue weighted by molar-refractivity contribution is -0.130. The Morgan fingerprint density at radius 3 is 1.01 bits per heavy atom. The van der Waals surface area contributed by atoms with Gasteiger partial charge in [0, 0.05) is 216 Å². The molecule has 0 saturated carbocycles. The van der Waals surface area contributed by atoms with Crippen LogP contribution in [-0.4, -0.2) is 214 Å². The summed E-state index contributed by atoms with van der Waals surface area (Å²) < 4.78 is 2.99. The van der Waals surface area contributed by atoms with E-state index in [1.165, 1.54) is 23.1 Å². The van der Waals surface area contributed by atoms with Crippen LogP contribution in [0, 0.1) is 0 Å². The fourth-order valence-corrected chi connectivity index (χ4v) is 24.6. The lowest BCUT2D eigenvalue weighted by Crippen LogP contribution is -2.44. The van der Waals surface area contributed by atoms with Gasteiger partial charge in [-0.05, 0) is 282 Å². The third-order valence-electron chi connectivity index (χ3n) is 28.1. The highest BCUT2D eigenvalue weighted by Crippen LogP contribution is 2.52. The van der Waals surface area contributed by atoms with Crippen LogP contribution in [0.15, 0.2) is 236 Å². The number of aromatic amines is 4. The molecule has 136 heavy (non-hydrogen) atoms. The molecule has 23 nitrogen and oxygen atoms in total. The maximum absolute atomic E-state index is 13.5. The van der Waals surface area contributed by atoms with Crippen molar-refractivity contribution in [3.63, 3.8) is 0 Å². The van der Waals surface area contributed by atoms with Gasteiger partial charge in [-0.1, -0.05) is 124 Å². The summed E-state index contributed by atoms with van der Waals surface area (Å²) in [5, 5.41) is 8.85. The number of amides is 4. The minimum atomic E-state index is -0.330. The molecule has 16 heterocycles. The number of hydrogen-bond donors (Lipinski definition) is 4. The summed E-state index contributed by atoms with van der Waals surface area (Å²) in [5.74, 6) is 0.307. The van der Waals surface area contributed by atoms with Crippen LogP contribution in [0.25, 0.3) is 71.6 Å². The van der Waals surface area contributed by atoms with Gasteiger partial charge in [-0.3, -0.25) is 43.8 Å². The Kier molecular flexibility index (Phi) is 24.0. The van der Waals surface area contributed by atoms with E-state index >= 15 is 0 Å². The van der Waals surface area contributed by atoms with E-state index < -0.39 is 0 Å². The van der Waals surface area contributed by atoms with Crippen molar-refractivity contribution >= 4 is 193 Å². The number of rotatable bonds is 12. The van der Waals surface area contributed by atoms with E-state index in [0.29, 0.717) is 61.2 Å². The lowest BCUT2D eigenvalue weighted by Gasteiger charge is -2.38. The normalized spacial score (nSPS) is 20.7. The van der Waals surface area contributed by atoms with E-state index in [4.69, 9.17) is 83.7 Å². The first-order chi connectivity index (χ1) is 65.6. The summed E-state index contributed by atoms with van der Waals surface area (Å²) in [6.07, 6.45) is 16.6. The van der Waals surface area contributed by atoms with Crippen LogP contribution in [0.3, 0.4) is 0 Å². The maximum Gasteiger partial charge on any atom is 0.252 e. The molecule has 7 aromatic heterocycles. The van der Waals surface area contributed by atoms with Crippen molar-refractivity contribution < 1.29 is 19.2 Å². The number of imidazole rings is 1. The Morgan fingerprint density at radius 2 is 0.676 bits per heavy atom. The molecule has 8 unspecified atom stereocenters. The number of aromatic nitrogens is 9.